The summed E-state index contributed by atoms with van der Waals surface area (Å²) >= 11 is 0. The number of ether oxygens (including phenoxy) is 1. The van der Waals surface area contributed by atoms with Gasteiger partial charge in [0.15, 0.2) is 0 Å². The van der Waals surface area contributed by atoms with E-state index in [4.69, 9.17) is 4.74 Å². The topological polar surface area (TPSA) is 29.5 Å². The van der Waals surface area contributed by atoms with Crippen molar-refractivity contribution in [3.63, 3.8) is 0 Å². The molecule has 0 spiro atoms. The first-order chi connectivity index (χ1) is 14.3. The normalized spacial score (nSPS) is 19.8. The molecule has 1 heterocycles. The number of hydrogen-bond donors (Lipinski definition) is 0. The van der Waals surface area contributed by atoms with Gasteiger partial charge in [0.1, 0.15) is 5.75 Å². The van der Waals surface area contributed by atoms with Gasteiger partial charge in [-0.25, -0.2) is 0 Å². The molecule has 4 rings (SSSR count). The molecule has 0 unspecified atom stereocenters. The molecule has 1 aliphatic heterocycles. The number of methoxy groups -OCH3 is 1. The Kier molecular flexibility index (Phi) is 4.93. The molecule has 3 heteroatoms. The lowest BCUT2D eigenvalue weighted by molar-refractivity contribution is 0.0948. The highest BCUT2D eigenvalue weighted by molar-refractivity contribution is 6.08. The number of carbonyl (C=O) groups excluding carboxylic acids is 1. The Morgan fingerprint density at radius 2 is 1.60 bits per heavy atom. The zero-order chi connectivity index (χ0) is 21.5. The summed E-state index contributed by atoms with van der Waals surface area (Å²) < 4.78 is 5.26. The van der Waals surface area contributed by atoms with Crippen LogP contribution in [0.3, 0.4) is 0 Å². The largest absolute Gasteiger partial charge is 0.497 e. The molecule has 154 valence electrons. The third kappa shape index (κ3) is 3.28. The number of rotatable bonds is 3. The molecular weight excluding hydrogens is 370 g/mol. The Hall–Kier alpha value is -3.07. The van der Waals surface area contributed by atoms with E-state index in [1.165, 1.54) is 11.1 Å². The maximum Gasteiger partial charge on any atom is 0.258 e. The summed E-state index contributed by atoms with van der Waals surface area (Å²) in [6, 6.07) is 24.5. The lowest BCUT2D eigenvalue weighted by atomic mass is 9.65. The number of hydrogen-bond acceptors (Lipinski definition) is 2. The average molecular weight is 400 g/mol. The van der Waals surface area contributed by atoms with E-state index >= 15 is 0 Å². The van der Waals surface area contributed by atoms with E-state index in [2.05, 4.69) is 76.2 Å². The highest BCUT2D eigenvalue weighted by atomic mass is 16.5. The van der Waals surface area contributed by atoms with Crippen molar-refractivity contribution in [3.8, 4) is 5.75 Å². The zero-order valence-electron chi connectivity index (χ0n) is 18.4. The SMILES string of the molecule is COc1ccc(C(=O)N2c3cc(C)ccc3[C@@](C)(c3ccccc3)CC2(C)C)cc1. The summed E-state index contributed by atoms with van der Waals surface area (Å²) in [5, 5.41) is 0. The number of anilines is 1. The highest BCUT2D eigenvalue weighted by Gasteiger charge is 2.47. The molecule has 0 aromatic heterocycles. The van der Waals surface area contributed by atoms with Crippen LogP contribution in [0.1, 0.15) is 54.2 Å². The Balaban J connectivity index is 1.88. The second-order valence-electron chi connectivity index (χ2n) is 9.08. The standard InChI is InChI=1S/C27H29NO2/c1-19-11-16-23-24(17-19)28(25(29)20-12-14-22(30-5)15-13-20)26(2,3)18-27(23,4)21-9-7-6-8-10-21/h6-17H,18H2,1-5H3/t27-/m1/s1. The van der Waals surface area contributed by atoms with Crippen LogP contribution < -0.4 is 9.64 Å². The Labute approximate surface area is 179 Å². The molecule has 1 aliphatic rings. The van der Waals surface area contributed by atoms with Crippen LogP contribution in [0.2, 0.25) is 0 Å². The zero-order valence-corrected chi connectivity index (χ0v) is 18.4. The summed E-state index contributed by atoms with van der Waals surface area (Å²) in [4.78, 5) is 15.7. The number of carbonyl (C=O) groups is 1. The molecule has 0 N–H and O–H groups in total. The second kappa shape index (κ2) is 7.32. The van der Waals surface area contributed by atoms with Crippen LogP contribution in [-0.2, 0) is 5.41 Å². The lowest BCUT2D eigenvalue weighted by Crippen LogP contribution is -2.55. The van der Waals surface area contributed by atoms with Crippen LogP contribution in [0.15, 0.2) is 72.8 Å². The fraction of sp³-hybridized carbons (Fsp3) is 0.296. The van der Waals surface area contributed by atoms with Crippen molar-refractivity contribution >= 4 is 11.6 Å². The smallest absolute Gasteiger partial charge is 0.258 e. The van der Waals surface area contributed by atoms with Crippen molar-refractivity contribution in [2.45, 2.75) is 45.1 Å². The fourth-order valence-corrected chi connectivity index (χ4v) is 4.97. The first-order valence-electron chi connectivity index (χ1n) is 10.4. The van der Waals surface area contributed by atoms with Gasteiger partial charge in [-0.2, -0.15) is 0 Å². The molecule has 0 radical (unpaired) electrons. The average Bonchev–Trinajstić information content (AvgIpc) is 2.73. The van der Waals surface area contributed by atoms with Crippen LogP contribution in [-0.4, -0.2) is 18.6 Å². The number of benzene rings is 3. The molecule has 0 aliphatic carbocycles. The van der Waals surface area contributed by atoms with Crippen molar-refractivity contribution in [2.75, 3.05) is 12.0 Å². The Bertz CT molecular complexity index is 1070. The Morgan fingerprint density at radius 3 is 2.23 bits per heavy atom. The predicted octanol–water partition coefficient (Wildman–Crippen LogP) is 6.14. The number of nitrogens with zero attached hydrogens (tertiary/aromatic N) is 1. The molecule has 0 saturated carbocycles. The monoisotopic (exact) mass is 399 g/mol. The van der Waals surface area contributed by atoms with Gasteiger partial charge in [0.2, 0.25) is 0 Å². The van der Waals surface area contributed by atoms with Crippen molar-refractivity contribution in [1.29, 1.82) is 0 Å². The molecule has 0 saturated heterocycles. The minimum absolute atomic E-state index is 0.0182. The molecular formula is C27H29NO2. The summed E-state index contributed by atoms with van der Waals surface area (Å²) in [6.07, 6.45) is 0.835. The summed E-state index contributed by atoms with van der Waals surface area (Å²) in [5.74, 6) is 0.766. The van der Waals surface area contributed by atoms with Crippen LogP contribution in [0.5, 0.6) is 5.75 Å². The molecule has 30 heavy (non-hydrogen) atoms. The molecule has 3 nitrogen and oxygen atoms in total. The van der Waals surface area contributed by atoms with Crippen molar-refractivity contribution < 1.29 is 9.53 Å². The maximum atomic E-state index is 13.7. The van der Waals surface area contributed by atoms with Crippen LogP contribution >= 0.6 is 0 Å². The fourth-order valence-electron chi connectivity index (χ4n) is 4.97. The van der Waals surface area contributed by atoms with Crippen LogP contribution in [0, 0.1) is 6.92 Å². The lowest BCUT2D eigenvalue weighted by Gasteiger charge is -2.51. The molecule has 0 fully saturated rings. The minimum Gasteiger partial charge on any atom is -0.497 e. The first kappa shape index (κ1) is 20.2. The summed E-state index contributed by atoms with van der Waals surface area (Å²) in [6.45, 7) is 8.72. The molecule has 3 aromatic carbocycles. The van der Waals surface area contributed by atoms with Gasteiger partial charge >= 0.3 is 0 Å². The van der Waals surface area contributed by atoms with E-state index < -0.39 is 0 Å². The van der Waals surface area contributed by atoms with Gasteiger partial charge in [-0.1, -0.05) is 49.4 Å². The van der Waals surface area contributed by atoms with E-state index in [0.717, 1.165) is 23.4 Å². The van der Waals surface area contributed by atoms with E-state index in [-0.39, 0.29) is 16.9 Å². The van der Waals surface area contributed by atoms with Crippen molar-refractivity contribution in [2.24, 2.45) is 0 Å². The third-order valence-electron chi connectivity index (χ3n) is 6.33. The summed E-state index contributed by atoms with van der Waals surface area (Å²) in [5.41, 5.74) is 4.75. The van der Waals surface area contributed by atoms with Crippen molar-refractivity contribution in [3.05, 3.63) is 95.1 Å². The molecule has 1 atom stereocenters. The quantitative estimate of drug-likeness (QED) is 0.529. The van der Waals surface area contributed by atoms with E-state index in [0.29, 0.717) is 5.56 Å². The van der Waals surface area contributed by atoms with Crippen molar-refractivity contribution in [1.82, 2.24) is 0 Å². The highest BCUT2D eigenvalue weighted by Crippen LogP contribution is 2.51. The second-order valence-corrected chi connectivity index (χ2v) is 9.08. The van der Waals surface area contributed by atoms with Gasteiger partial charge < -0.3 is 9.64 Å². The number of fused-ring (bicyclic) bond motifs is 1. The maximum absolute atomic E-state index is 13.7. The van der Waals surface area contributed by atoms with E-state index in [9.17, 15) is 4.79 Å². The third-order valence-corrected chi connectivity index (χ3v) is 6.33. The van der Waals surface area contributed by atoms with Gasteiger partial charge in [0, 0.05) is 22.2 Å². The number of amides is 1. The molecule has 3 aromatic rings. The molecule has 1 amide bonds. The number of aryl methyl sites for hydroxylation is 1. The minimum atomic E-state index is -0.359. The van der Waals surface area contributed by atoms with Crippen LogP contribution in [0.4, 0.5) is 5.69 Å². The van der Waals surface area contributed by atoms with E-state index in [1.807, 2.05) is 29.2 Å². The van der Waals surface area contributed by atoms with E-state index in [1.54, 1.807) is 7.11 Å². The van der Waals surface area contributed by atoms with Gasteiger partial charge in [-0.15, -0.1) is 0 Å². The Morgan fingerprint density at radius 1 is 0.933 bits per heavy atom. The van der Waals surface area contributed by atoms with Gasteiger partial charge in [-0.05, 0) is 74.2 Å². The molecule has 0 bridgehead atoms. The van der Waals surface area contributed by atoms with Gasteiger partial charge in [0.25, 0.3) is 5.91 Å². The van der Waals surface area contributed by atoms with Gasteiger partial charge in [-0.3, -0.25) is 4.79 Å². The summed E-state index contributed by atoms with van der Waals surface area (Å²) in [7, 11) is 1.63. The van der Waals surface area contributed by atoms with Gasteiger partial charge in [0.05, 0.1) is 7.11 Å². The first-order valence-corrected chi connectivity index (χ1v) is 10.4. The van der Waals surface area contributed by atoms with Crippen LogP contribution in [0.25, 0.3) is 0 Å². The predicted molar refractivity (Wildman–Crippen MR) is 123 cm³/mol.